The molecule has 0 unspecified atom stereocenters. The Labute approximate surface area is 144 Å². The van der Waals surface area contributed by atoms with E-state index in [0.29, 0.717) is 11.3 Å². The van der Waals surface area contributed by atoms with Gasteiger partial charge in [-0.2, -0.15) is 0 Å². The van der Waals surface area contributed by atoms with E-state index in [4.69, 9.17) is 4.74 Å². The van der Waals surface area contributed by atoms with Gasteiger partial charge in [-0.15, -0.1) is 0 Å². The quantitative estimate of drug-likeness (QED) is 0.619. The summed E-state index contributed by atoms with van der Waals surface area (Å²) in [7, 11) is 1.48. The van der Waals surface area contributed by atoms with Crippen LogP contribution in [0.1, 0.15) is 27.6 Å². The summed E-state index contributed by atoms with van der Waals surface area (Å²) < 4.78 is 5.19. The van der Waals surface area contributed by atoms with Gasteiger partial charge in [0.2, 0.25) is 0 Å². The molecule has 0 aliphatic carbocycles. The first-order valence-corrected chi connectivity index (χ1v) is 7.51. The second-order valence-corrected chi connectivity index (χ2v) is 4.95. The maximum atomic E-state index is 12.4. The molecule has 8 nitrogen and oxygen atoms in total. The van der Waals surface area contributed by atoms with Gasteiger partial charge in [0.1, 0.15) is 0 Å². The Balaban J connectivity index is 2.32. The number of para-hydroxylation sites is 1. The molecule has 2 amide bonds. The highest BCUT2D eigenvalue weighted by atomic mass is 16.6. The lowest BCUT2D eigenvalue weighted by Crippen LogP contribution is -2.21. The highest BCUT2D eigenvalue weighted by Gasteiger charge is 2.19. The van der Waals surface area contributed by atoms with Crippen LogP contribution in [0.4, 0.5) is 11.4 Å². The van der Waals surface area contributed by atoms with Crippen molar-refractivity contribution in [2.24, 2.45) is 0 Å². The number of hydrogen-bond donors (Lipinski definition) is 2. The third-order valence-corrected chi connectivity index (χ3v) is 3.36. The normalized spacial score (nSPS) is 10.0. The van der Waals surface area contributed by atoms with Crippen molar-refractivity contribution in [3.8, 4) is 5.75 Å². The number of carbonyl (C=O) groups excluding carboxylic acids is 2. The largest absolute Gasteiger partial charge is 0.487 e. The molecule has 0 spiro atoms. The smallest absolute Gasteiger partial charge is 0.311 e. The Morgan fingerprint density at radius 2 is 1.88 bits per heavy atom. The molecule has 0 fully saturated rings. The fraction of sp³-hybridized carbons (Fsp3) is 0.176. The Morgan fingerprint density at radius 3 is 2.52 bits per heavy atom. The summed E-state index contributed by atoms with van der Waals surface area (Å²) in [6.45, 7) is 1.98. The molecule has 0 bridgehead atoms. The van der Waals surface area contributed by atoms with Crippen LogP contribution in [0.2, 0.25) is 0 Å². The van der Waals surface area contributed by atoms with Crippen LogP contribution in [0.3, 0.4) is 0 Å². The number of anilines is 1. The van der Waals surface area contributed by atoms with Crippen LogP contribution >= 0.6 is 0 Å². The zero-order valence-corrected chi connectivity index (χ0v) is 13.7. The number of carbonyl (C=O) groups is 2. The zero-order valence-electron chi connectivity index (χ0n) is 13.7. The van der Waals surface area contributed by atoms with Crippen molar-refractivity contribution in [3.63, 3.8) is 0 Å². The summed E-state index contributed by atoms with van der Waals surface area (Å²) in [5.41, 5.74) is 0.387. The van der Waals surface area contributed by atoms with E-state index in [1.54, 1.807) is 31.2 Å². The molecule has 0 saturated carbocycles. The molecule has 0 heterocycles. The number of hydrogen-bond acceptors (Lipinski definition) is 5. The average Bonchev–Trinajstić information content (AvgIpc) is 2.61. The van der Waals surface area contributed by atoms with Gasteiger partial charge in [-0.25, -0.2) is 0 Å². The molecule has 130 valence electrons. The van der Waals surface area contributed by atoms with E-state index in [1.165, 1.54) is 19.2 Å². The van der Waals surface area contributed by atoms with Crippen LogP contribution in [0.5, 0.6) is 5.75 Å². The summed E-state index contributed by atoms with van der Waals surface area (Å²) in [5.74, 6) is -0.828. The minimum atomic E-state index is -0.611. The lowest BCUT2D eigenvalue weighted by Gasteiger charge is -2.11. The lowest BCUT2D eigenvalue weighted by atomic mass is 10.1. The van der Waals surface area contributed by atoms with Crippen molar-refractivity contribution in [2.75, 3.05) is 19.0 Å². The first-order chi connectivity index (χ1) is 12.0. The van der Waals surface area contributed by atoms with Crippen molar-refractivity contribution in [1.82, 2.24) is 5.32 Å². The fourth-order valence-electron chi connectivity index (χ4n) is 2.20. The summed E-state index contributed by atoms with van der Waals surface area (Å²) in [6, 6.07) is 10.4. The zero-order chi connectivity index (χ0) is 18.4. The molecule has 2 aromatic carbocycles. The van der Waals surface area contributed by atoms with E-state index < -0.39 is 10.8 Å². The van der Waals surface area contributed by atoms with E-state index in [0.717, 1.165) is 6.07 Å². The fourth-order valence-corrected chi connectivity index (χ4v) is 2.20. The molecule has 0 aromatic heterocycles. The van der Waals surface area contributed by atoms with Gasteiger partial charge in [0.25, 0.3) is 11.8 Å². The standard InChI is InChI=1S/C17H17N3O5/c1-3-25-15-9-8-11(10-14(15)20(23)24)16(21)19-13-7-5-4-6-12(13)17(22)18-2/h4-10H,3H2,1-2H3,(H,18,22)(H,19,21). The topological polar surface area (TPSA) is 111 Å². The number of nitro groups is 1. The van der Waals surface area contributed by atoms with E-state index in [-0.39, 0.29) is 29.5 Å². The Hall–Kier alpha value is -3.42. The number of amides is 2. The molecule has 25 heavy (non-hydrogen) atoms. The number of ether oxygens (including phenoxy) is 1. The van der Waals surface area contributed by atoms with Gasteiger partial charge in [-0.1, -0.05) is 12.1 Å². The van der Waals surface area contributed by atoms with Gasteiger partial charge in [-0.3, -0.25) is 19.7 Å². The van der Waals surface area contributed by atoms with Gasteiger partial charge in [0, 0.05) is 18.7 Å². The number of nitro benzene ring substituents is 1. The highest BCUT2D eigenvalue weighted by molar-refractivity contribution is 6.09. The maximum absolute atomic E-state index is 12.4. The Bertz CT molecular complexity index is 820. The highest BCUT2D eigenvalue weighted by Crippen LogP contribution is 2.28. The first-order valence-electron chi connectivity index (χ1n) is 7.51. The van der Waals surface area contributed by atoms with E-state index >= 15 is 0 Å². The molecule has 2 N–H and O–H groups in total. The predicted molar refractivity (Wildman–Crippen MR) is 92.1 cm³/mol. The van der Waals surface area contributed by atoms with Crippen LogP contribution in [0.25, 0.3) is 0 Å². The van der Waals surface area contributed by atoms with Crippen molar-refractivity contribution in [3.05, 3.63) is 63.7 Å². The molecule has 0 aliphatic heterocycles. The first kappa shape index (κ1) is 17.9. The van der Waals surface area contributed by atoms with Gasteiger partial charge >= 0.3 is 5.69 Å². The number of rotatable bonds is 6. The van der Waals surface area contributed by atoms with Crippen molar-refractivity contribution in [2.45, 2.75) is 6.92 Å². The number of nitrogens with one attached hydrogen (secondary N) is 2. The molecular weight excluding hydrogens is 326 g/mol. The maximum Gasteiger partial charge on any atom is 0.311 e. The second kappa shape index (κ2) is 7.91. The minimum absolute atomic E-state index is 0.0851. The molecule has 0 radical (unpaired) electrons. The third kappa shape index (κ3) is 4.11. The van der Waals surface area contributed by atoms with Crippen molar-refractivity contribution in [1.29, 1.82) is 0 Å². The molecule has 8 heteroatoms. The van der Waals surface area contributed by atoms with Crippen LogP contribution in [0, 0.1) is 10.1 Å². The van der Waals surface area contributed by atoms with Crippen LogP contribution in [-0.4, -0.2) is 30.4 Å². The molecular formula is C17H17N3O5. The monoisotopic (exact) mass is 343 g/mol. The van der Waals surface area contributed by atoms with Gasteiger partial charge in [0.05, 0.1) is 22.8 Å². The SMILES string of the molecule is CCOc1ccc(C(=O)Nc2ccccc2C(=O)NC)cc1[N+](=O)[O-]. The van der Waals surface area contributed by atoms with Crippen LogP contribution in [-0.2, 0) is 0 Å². The van der Waals surface area contributed by atoms with E-state index in [9.17, 15) is 19.7 Å². The van der Waals surface area contributed by atoms with Gasteiger partial charge < -0.3 is 15.4 Å². The molecule has 0 aliphatic rings. The molecule has 2 rings (SSSR count). The number of nitrogens with zero attached hydrogens (tertiary/aromatic N) is 1. The van der Waals surface area contributed by atoms with Crippen molar-refractivity contribution < 1.29 is 19.2 Å². The Kier molecular flexibility index (Phi) is 5.67. The minimum Gasteiger partial charge on any atom is -0.487 e. The molecule has 0 atom stereocenters. The molecule has 2 aromatic rings. The summed E-state index contributed by atoms with van der Waals surface area (Å²) >= 11 is 0. The molecule has 0 saturated heterocycles. The van der Waals surface area contributed by atoms with Gasteiger partial charge in [0.15, 0.2) is 5.75 Å². The van der Waals surface area contributed by atoms with E-state index in [1.807, 2.05) is 0 Å². The second-order valence-electron chi connectivity index (χ2n) is 4.95. The summed E-state index contributed by atoms with van der Waals surface area (Å²) in [5, 5.41) is 16.2. The van der Waals surface area contributed by atoms with E-state index in [2.05, 4.69) is 10.6 Å². The van der Waals surface area contributed by atoms with Crippen LogP contribution < -0.4 is 15.4 Å². The van der Waals surface area contributed by atoms with Crippen LogP contribution in [0.15, 0.2) is 42.5 Å². The lowest BCUT2D eigenvalue weighted by molar-refractivity contribution is -0.385. The van der Waals surface area contributed by atoms with Crippen molar-refractivity contribution >= 4 is 23.2 Å². The predicted octanol–water partition coefficient (Wildman–Crippen LogP) is 2.61. The average molecular weight is 343 g/mol. The summed E-state index contributed by atoms with van der Waals surface area (Å²) in [4.78, 5) is 34.8. The number of benzene rings is 2. The Morgan fingerprint density at radius 1 is 1.16 bits per heavy atom. The van der Waals surface area contributed by atoms with Gasteiger partial charge in [-0.05, 0) is 31.2 Å². The summed E-state index contributed by atoms with van der Waals surface area (Å²) in [6.07, 6.45) is 0. The third-order valence-electron chi connectivity index (χ3n) is 3.36.